The highest BCUT2D eigenvalue weighted by molar-refractivity contribution is 7.85. The van der Waals surface area contributed by atoms with Gasteiger partial charge in [-0.3, -0.25) is 0 Å². The van der Waals surface area contributed by atoms with Crippen LogP contribution in [0.5, 0.6) is 0 Å². The molecule has 0 radical (unpaired) electrons. The van der Waals surface area contributed by atoms with Crippen molar-refractivity contribution >= 4 is 50.6 Å². The smallest absolute Gasteiger partial charge is 0.171 e. The molecule has 7 rings (SSSR count). The Morgan fingerprint density at radius 2 is 1.15 bits per heavy atom. The standard InChI is InChI=1S/C37H28NOP/c39-40(31-15-7-3-8-16-31,32-17-9-4-10-18-32)33-24-21-28(22-25-33)29-23-26-37-35(27-29)34-19-11-12-20-36(34)38(37)30-13-5-1-2-6-14-30/h1,3-27H,2H2. The average Bonchev–Trinajstić information content (AvgIpc) is 3.14. The Balaban J connectivity index is 1.34. The van der Waals surface area contributed by atoms with E-state index >= 15 is 0 Å². The minimum absolute atomic E-state index is 0.839. The van der Waals surface area contributed by atoms with E-state index in [-0.39, 0.29) is 0 Å². The number of rotatable bonds is 5. The fourth-order valence-electron chi connectivity index (χ4n) is 5.73. The third-order valence-electron chi connectivity index (χ3n) is 7.70. The molecule has 0 spiro atoms. The molecule has 0 amide bonds. The second kappa shape index (κ2) is 10.2. The van der Waals surface area contributed by atoms with Gasteiger partial charge < -0.3 is 9.13 Å². The van der Waals surface area contributed by atoms with Crippen molar-refractivity contribution in [2.45, 2.75) is 6.42 Å². The van der Waals surface area contributed by atoms with E-state index in [0.717, 1.165) is 39.2 Å². The highest BCUT2D eigenvalue weighted by atomic mass is 31.2. The Hall–Kier alpha value is -4.65. The maximum absolute atomic E-state index is 14.7. The van der Waals surface area contributed by atoms with Crippen LogP contribution >= 0.6 is 7.14 Å². The summed E-state index contributed by atoms with van der Waals surface area (Å²) in [5.41, 5.74) is 5.79. The van der Waals surface area contributed by atoms with Gasteiger partial charge in [0.2, 0.25) is 0 Å². The molecule has 1 aliphatic carbocycles. The number of benzene rings is 5. The van der Waals surface area contributed by atoms with Crippen molar-refractivity contribution in [3.8, 4) is 11.1 Å². The predicted octanol–water partition coefficient (Wildman–Crippen LogP) is 8.46. The molecular weight excluding hydrogens is 505 g/mol. The second-order valence-electron chi connectivity index (χ2n) is 10.1. The molecule has 0 fully saturated rings. The van der Waals surface area contributed by atoms with Crippen molar-refractivity contribution in [2.75, 3.05) is 0 Å². The van der Waals surface area contributed by atoms with Gasteiger partial charge in [0, 0.05) is 32.4 Å². The summed E-state index contributed by atoms with van der Waals surface area (Å²) in [6.07, 6.45) is 11.8. The molecular formula is C37H28NOP. The van der Waals surface area contributed by atoms with Crippen LogP contribution in [-0.2, 0) is 4.57 Å². The number of nitrogens with zero attached hydrogens (tertiary/aromatic N) is 1. The summed E-state index contributed by atoms with van der Waals surface area (Å²) in [7, 11) is -3.00. The zero-order chi connectivity index (χ0) is 26.9. The molecule has 1 heterocycles. The molecule has 0 aliphatic heterocycles. The van der Waals surface area contributed by atoms with Crippen molar-refractivity contribution < 1.29 is 4.57 Å². The Morgan fingerprint density at radius 1 is 0.550 bits per heavy atom. The number of allylic oxidation sites excluding steroid dienone is 6. The molecule has 2 nitrogen and oxygen atoms in total. The van der Waals surface area contributed by atoms with Crippen molar-refractivity contribution in [2.24, 2.45) is 0 Å². The van der Waals surface area contributed by atoms with Crippen molar-refractivity contribution in [1.29, 1.82) is 0 Å². The SMILES string of the molecule is O=P(c1ccccc1)(c1ccccc1)c1ccc(-c2ccc3c(c2)c2ccccc2n3C2=CC=CCC=C2)cc1. The van der Waals surface area contributed by atoms with E-state index in [1.165, 1.54) is 21.8 Å². The van der Waals surface area contributed by atoms with Crippen LogP contribution < -0.4 is 15.9 Å². The number of hydrogen-bond donors (Lipinski definition) is 0. The van der Waals surface area contributed by atoms with Gasteiger partial charge in [-0.15, -0.1) is 0 Å². The van der Waals surface area contributed by atoms with Crippen LogP contribution in [0.25, 0.3) is 38.6 Å². The second-order valence-corrected chi connectivity index (χ2v) is 12.8. The first-order chi connectivity index (χ1) is 19.7. The van der Waals surface area contributed by atoms with Gasteiger partial charge in [0.1, 0.15) is 0 Å². The van der Waals surface area contributed by atoms with E-state index in [1.54, 1.807) is 0 Å². The number of aromatic nitrogens is 1. The third-order valence-corrected chi connectivity index (χ3v) is 10.8. The number of para-hydroxylation sites is 1. The van der Waals surface area contributed by atoms with Crippen molar-refractivity contribution in [3.05, 3.63) is 158 Å². The third kappa shape index (κ3) is 4.09. The predicted molar refractivity (Wildman–Crippen MR) is 171 cm³/mol. The Kier molecular flexibility index (Phi) is 6.19. The molecule has 1 aromatic heterocycles. The molecule has 1 aliphatic rings. The summed E-state index contributed by atoms with van der Waals surface area (Å²) < 4.78 is 17.1. The molecule has 0 bridgehead atoms. The van der Waals surface area contributed by atoms with Crippen LogP contribution in [0.3, 0.4) is 0 Å². The Bertz CT molecular complexity index is 1930. The number of hydrogen-bond acceptors (Lipinski definition) is 1. The van der Waals surface area contributed by atoms with E-state index < -0.39 is 7.14 Å². The molecule has 192 valence electrons. The van der Waals surface area contributed by atoms with Gasteiger partial charge in [0.05, 0.1) is 11.0 Å². The van der Waals surface area contributed by atoms with E-state index in [4.69, 9.17) is 0 Å². The first-order valence-corrected chi connectivity index (χ1v) is 15.3. The molecule has 0 saturated carbocycles. The monoisotopic (exact) mass is 533 g/mol. The average molecular weight is 534 g/mol. The summed E-state index contributed by atoms with van der Waals surface area (Å²) >= 11 is 0. The minimum atomic E-state index is -3.00. The fraction of sp³-hybridized carbons (Fsp3) is 0.0270. The van der Waals surface area contributed by atoms with Gasteiger partial charge in [0.25, 0.3) is 0 Å². The fourth-order valence-corrected chi connectivity index (χ4v) is 8.38. The molecule has 5 aromatic carbocycles. The van der Waals surface area contributed by atoms with E-state index in [9.17, 15) is 4.57 Å². The van der Waals surface area contributed by atoms with Gasteiger partial charge in [-0.25, -0.2) is 0 Å². The van der Waals surface area contributed by atoms with Gasteiger partial charge in [-0.05, 0) is 47.9 Å². The first-order valence-electron chi connectivity index (χ1n) is 13.6. The highest BCUT2D eigenvalue weighted by Gasteiger charge is 2.29. The molecule has 0 saturated heterocycles. The molecule has 0 atom stereocenters. The summed E-state index contributed by atoms with van der Waals surface area (Å²) in [6, 6.07) is 43.3. The van der Waals surface area contributed by atoms with Crippen molar-refractivity contribution in [3.63, 3.8) is 0 Å². The largest absolute Gasteiger partial charge is 0.309 e. The maximum Gasteiger partial charge on any atom is 0.171 e. The van der Waals surface area contributed by atoms with Gasteiger partial charge >= 0.3 is 0 Å². The lowest BCUT2D eigenvalue weighted by Crippen LogP contribution is -2.24. The molecule has 6 aromatic rings. The van der Waals surface area contributed by atoms with E-state index in [0.29, 0.717) is 0 Å². The topological polar surface area (TPSA) is 22.0 Å². The molecule has 0 unspecified atom stereocenters. The molecule has 0 N–H and O–H groups in total. The summed E-state index contributed by atoms with van der Waals surface area (Å²) in [6.45, 7) is 0. The van der Waals surface area contributed by atoms with Crippen LogP contribution in [0.2, 0.25) is 0 Å². The zero-order valence-corrected chi connectivity index (χ0v) is 22.9. The van der Waals surface area contributed by atoms with Crippen LogP contribution in [0.1, 0.15) is 6.42 Å². The van der Waals surface area contributed by atoms with Crippen LogP contribution in [0.15, 0.2) is 158 Å². The van der Waals surface area contributed by atoms with Crippen LogP contribution in [0, 0.1) is 0 Å². The van der Waals surface area contributed by atoms with Crippen LogP contribution in [0.4, 0.5) is 0 Å². The van der Waals surface area contributed by atoms with E-state index in [2.05, 4.69) is 89.5 Å². The zero-order valence-electron chi connectivity index (χ0n) is 22.0. The highest BCUT2D eigenvalue weighted by Crippen LogP contribution is 2.43. The van der Waals surface area contributed by atoms with Gasteiger partial charge in [-0.1, -0.05) is 127 Å². The maximum atomic E-state index is 14.7. The minimum Gasteiger partial charge on any atom is -0.309 e. The molecule has 40 heavy (non-hydrogen) atoms. The summed E-state index contributed by atoms with van der Waals surface area (Å²) in [5, 5.41) is 4.99. The van der Waals surface area contributed by atoms with E-state index in [1.807, 2.05) is 72.8 Å². The summed E-state index contributed by atoms with van der Waals surface area (Å²) in [5.74, 6) is 0. The normalized spacial score (nSPS) is 13.4. The van der Waals surface area contributed by atoms with Gasteiger partial charge in [-0.2, -0.15) is 0 Å². The van der Waals surface area contributed by atoms with Crippen LogP contribution in [-0.4, -0.2) is 4.57 Å². The Morgan fingerprint density at radius 3 is 1.88 bits per heavy atom. The lowest BCUT2D eigenvalue weighted by molar-refractivity contribution is 0.592. The van der Waals surface area contributed by atoms with Gasteiger partial charge in [0.15, 0.2) is 7.14 Å². The van der Waals surface area contributed by atoms with Crippen molar-refractivity contribution in [1.82, 2.24) is 4.57 Å². The quantitative estimate of drug-likeness (QED) is 0.204. The summed E-state index contributed by atoms with van der Waals surface area (Å²) in [4.78, 5) is 0. The first kappa shape index (κ1) is 24.4. The Labute approximate surface area is 234 Å². The molecule has 3 heteroatoms. The number of fused-ring (bicyclic) bond motifs is 3. The lowest BCUT2D eigenvalue weighted by atomic mass is 10.0. The lowest BCUT2D eigenvalue weighted by Gasteiger charge is -2.20.